The predicted molar refractivity (Wildman–Crippen MR) is 174 cm³/mol. The first-order valence-corrected chi connectivity index (χ1v) is 17.4. The number of benzene rings is 2. The van der Waals surface area contributed by atoms with E-state index >= 15 is 0 Å². The predicted octanol–water partition coefficient (Wildman–Crippen LogP) is 5.33. The molecule has 1 saturated heterocycles. The van der Waals surface area contributed by atoms with E-state index in [2.05, 4.69) is 5.32 Å². The number of carbonyl (C=O) groups excluding carboxylic acids is 2. The monoisotopic (exact) mass is 645 g/mol. The number of sulfonamides is 1. The average Bonchev–Trinajstić information content (AvgIpc) is 3.82. The van der Waals surface area contributed by atoms with Gasteiger partial charge < -0.3 is 15.1 Å². The number of rotatable bonds is 5. The van der Waals surface area contributed by atoms with Crippen LogP contribution in [0, 0.1) is 12.7 Å². The normalized spacial score (nSPS) is 18.0. The molecular weight excluding hydrogens is 614 g/mol. The van der Waals surface area contributed by atoms with Crippen LogP contribution in [0.3, 0.4) is 0 Å². The highest BCUT2D eigenvalue weighted by molar-refractivity contribution is 7.89. The Bertz CT molecular complexity index is 1900. The van der Waals surface area contributed by atoms with Gasteiger partial charge in [0.1, 0.15) is 17.3 Å². The molecule has 7 rings (SSSR count). The minimum atomic E-state index is -3.32. The van der Waals surface area contributed by atoms with Gasteiger partial charge in [0.15, 0.2) is 0 Å². The van der Waals surface area contributed by atoms with Crippen LogP contribution in [0.2, 0.25) is 0 Å². The summed E-state index contributed by atoms with van der Waals surface area (Å²) in [5.41, 5.74) is 3.57. The van der Waals surface area contributed by atoms with E-state index in [1.54, 1.807) is 40.4 Å². The quantitative estimate of drug-likeness (QED) is 0.315. The molecule has 4 heterocycles. The van der Waals surface area contributed by atoms with Gasteiger partial charge in [0.25, 0.3) is 11.8 Å². The van der Waals surface area contributed by atoms with Gasteiger partial charge in [-0.15, -0.1) is 11.3 Å². The van der Waals surface area contributed by atoms with E-state index in [0.717, 1.165) is 28.8 Å². The highest BCUT2D eigenvalue weighted by atomic mass is 32.2. The summed E-state index contributed by atoms with van der Waals surface area (Å²) in [5.74, 6) is -0.522. The van der Waals surface area contributed by atoms with Gasteiger partial charge in [0.2, 0.25) is 10.0 Å². The molecule has 2 fully saturated rings. The molecule has 9 nitrogen and oxygen atoms in total. The Morgan fingerprint density at radius 1 is 0.978 bits per heavy atom. The number of thiophene rings is 1. The fraction of sp³-hybridized carbons (Fsp3) is 0.303. The molecule has 2 aromatic heterocycles. The molecule has 12 heteroatoms. The van der Waals surface area contributed by atoms with Gasteiger partial charge in [-0.1, -0.05) is 36.4 Å². The SMILES string of the molecule is Cc1cccc(F)c1NC(=O)c1cc2c(s1)-c1ccccc1N(C(=O)c1cccc(N3CCN(C4CC4)S(=O)(=O)CC3)n1)CC2. The molecular formula is C33H32FN5O4S2. The highest BCUT2D eigenvalue weighted by Gasteiger charge is 2.39. The lowest BCUT2D eigenvalue weighted by Crippen LogP contribution is -2.36. The van der Waals surface area contributed by atoms with Gasteiger partial charge in [-0.3, -0.25) is 9.59 Å². The zero-order valence-electron chi connectivity index (χ0n) is 24.7. The molecule has 0 radical (unpaired) electrons. The summed E-state index contributed by atoms with van der Waals surface area (Å²) in [6, 6.07) is 19.5. The molecule has 2 aromatic carbocycles. The number of amides is 2. The van der Waals surface area contributed by atoms with Gasteiger partial charge in [-0.05, 0) is 67.6 Å². The number of aromatic nitrogens is 1. The molecule has 0 atom stereocenters. The third-order valence-corrected chi connectivity index (χ3v) is 11.7. The van der Waals surface area contributed by atoms with Crippen LogP contribution in [0.25, 0.3) is 10.4 Å². The summed E-state index contributed by atoms with van der Waals surface area (Å²) in [5, 5.41) is 2.73. The first-order chi connectivity index (χ1) is 21.7. The third-order valence-electron chi connectivity index (χ3n) is 8.58. The van der Waals surface area contributed by atoms with Crippen LogP contribution in [0.15, 0.2) is 66.7 Å². The zero-order valence-corrected chi connectivity index (χ0v) is 26.3. The van der Waals surface area contributed by atoms with Crippen LogP contribution >= 0.6 is 11.3 Å². The van der Waals surface area contributed by atoms with Gasteiger partial charge in [0, 0.05) is 42.7 Å². The van der Waals surface area contributed by atoms with Crippen LogP contribution in [0.1, 0.15) is 44.1 Å². The van der Waals surface area contributed by atoms with Gasteiger partial charge >= 0.3 is 0 Å². The summed E-state index contributed by atoms with van der Waals surface area (Å²) in [6.45, 7) is 3.36. The Hall–Kier alpha value is -4.13. The lowest BCUT2D eigenvalue weighted by molar-refractivity contribution is 0.0981. The van der Waals surface area contributed by atoms with Crippen molar-refractivity contribution >= 4 is 50.4 Å². The van der Waals surface area contributed by atoms with E-state index < -0.39 is 15.8 Å². The summed E-state index contributed by atoms with van der Waals surface area (Å²) < 4.78 is 41.7. The molecule has 2 aliphatic heterocycles. The Morgan fingerprint density at radius 2 is 1.78 bits per heavy atom. The highest BCUT2D eigenvalue weighted by Crippen LogP contribution is 2.42. The van der Waals surface area contributed by atoms with Crippen LogP contribution in [0.4, 0.5) is 21.6 Å². The van der Waals surface area contributed by atoms with E-state index in [1.165, 1.54) is 17.4 Å². The third kappa shape index (κ3) is 5.73. The van der Waals surface area contributed by atoms with Crippen molar-refractivity contribution < 1.29 is 22.4 Å². The number of para-hydroxylation sites is 2. The minimum Gasteiger partial charge on any atom is -0.354 e. The zero-order chi connectivity index (χ0) is 31.3. The van der Waals surface area contributed by atoms with Crippen molar-refractivity contribution in [3.8, 4) is 10.4 Å². The first-order valence-electron chi connectivity index (χ1n) is 15.0. The minimum absolute atomic E-state index is 0.0190. The lowest BCUT2D eigenvalue weighted by Gasteiger charge is -2.24. The van der Waals surface area contributed by atoms with Crippen LogP contribution in [-0.4, -0.2) is 67.5 Å². The number of carbonyl (C=O) groups is 2. The van der Waals surface area contributed by atoms with E-state index in [-0.39, 0.29) is 35.0 Å². The molecule has 3 aliphatic rings. The number of halogens is 1. The number of aryl methyl sites for hydroxylation is 1. The van der Waals surface area contributed by atoms with Crippen LogP contribution in [-0.2, 0) is 16.4 Å². The van der Waals surface area contributed by atoms with Crippen LogP contribution in [0.5, 0.6) is 0 Å². The van der Waals surface area contributed by atoms with Crippen molar-refractivity contribution in [2.24, 2.45) is 0 Å². The molecule has 0 unspecified atom stereocenters. The summed E-state index contributed by atoms with van der Waals surface area (Å²) in [6.07, 6.45) is 2.33. The second kappa shape index (κ2) is 11.7. The molecule has 1 aliphatic carbocycles. The molecule has 45 heavy (non-hydrogen) atoms. The number of anilines is 3. The number of hydrogen-bond donors (Lipinski definition) is 1. The number of pyridine rings is 1. The Balaban J connectivity index is 1.14. The van der Waals surface area contributed by atoms with E-state index in [4.69, 9.17) is 4.98 Å². The topological polar surface area (TPSA) is 103 Å². The molecule has 0 spiro atoms. The van der Waals surface area contributed by atoms with E-state index in [1.807, 2.05) is 41.3 Å². The number of nitrogens with zero attached hydrogens (tertiary/aromatic N) is 4. The van der Waals surface area contributed by atoms with Gasteiger partial charge in [-0.25, -0.2) is 17.8 Å². The Labute approximate surface area is 265 Å². The van der Waals surface area contributed by atoms with Crippen molar-refractivity contribution in [1.29, 1.82) is 0 Å². The lowest BCUT2D eigenvalue weighted by atomic mass is 10.1. The van der Waals surface area contributed by atoms with Gasteiger partial charge in [-0.2, -0.15) is 4.31 Å². The number of hydrogen-bond acceptors (Lipinski definition) is 7. The van der Waals surface area contributed by atoms with Crippen LogP contribution < -0.4 is 15.1 Å². The van der Waals surface area contributed by atoms with Crippen molar-refractivity contribution in [1.82, 2.24) is 9.29 Å². The molecule has 232 valence electrons. The molecule has 4 aromatic rings. The fourth-order valence-electron chi connectivity index (χ4n) is 6.06. The first kappa shape index (κ1) is 29.6. The maximum atomic E-state index is 14.4. The van der Waals surface area contributed by atoms with E-state index in [9.17, 15) is 22.4 Å². The summed E-state index contributed by atoms with van der Waals surface area (Å²) >= 11 is 1.32. The Morgan fingerprint density at radius 3 is 2.58 bits per heavy atom. The number of nitrogens with one attached hydrogen (secondary N) is 1. The molecule has 2 amide bonds. The maximum absolute atomic E-state index is 14.4. The summed E-state index contributed by atoms with van der Waals surface area (Å²) in [7, 11) is -3.32. The maximum Gasteiger partial charge on any atom is 0.276 e. The second-order valence-corrected chi connectivity index (χ2v) is 14.7. The van der Waals surface area contributed by atoms with E-state index in [0.29, 0.717) is 54.5 Å². The largest absolute Gasteiger partial charge is 0.354 e. The standard InChI is InChI=1S/C33H32FN5O4S2/c1-21-6-4-8-25(34)30(21)36-32(40)28-20-22-14-15-38(27-10-3-2-7-24(27)31(22)44-28)33(41)26-9-5-11-29(35-26)37-16-17-39(23-12-13-23)45(42,43)19-18-37/h2-11,20,23H,12-19H2,1H3,(H,36,40). The van der Waals surface area contributed by atoms with Crippen molar-refractivity contribution in [3.05, 3.63) is 94.2 Å². The fourth-order valence-corrected chi connectivity index (χ4v) is 8.91. The van der Waals surface area contributed by atoms with Crippen molar-refractivity contribution in [2.75, 3.05) is 47.0 Å². The molecule has 1 N–H and O–H groups in total. The second-order valence-electron chi connectivity index (χ2n) is 11.6. The van der Waals surface area contributed by atoms with Crippen molar-refractivity contribution in [2.45, 2.75) is 32.2 Å². The van der Waals surface area contributed by atoms with Gasteiger partial charge in [0.05, 0.1) is 22.0 Å². The number of fused-ring (bicyclic) bond motifs is 3. The average molecular weight is 646 g/mol. The molecule has 1 saturated carbocycles. The smallest absolute Gasteiger partial charge is 0.276 e. The van der Waals surface area contributed by atoms with Crippen molar-refractivity contribution in [3.63, 3.8) is 0 Å². The molecule has 0 bridgehead atoms. The Kier molecular flexibility index (Phi) is 7.66. The summed E-state index contributed by atoms with van der Waals surface area (Å²) in [4.78, 5) is 37.0.